The summed E-state index contributed by atoms with van der Waals surface area (Å²) >= 11 is 1.27. The first-order valence-corrected chi connectivity index (χ1v) is 10.1. The van der Waals surface area contributed by atoms with E-state index in [1.54, 1.807) is 0 Å². The van der Waals surface area contributed by atoms with Crippen molar-refractivity contribution in [2.75, 3.05) is 39.5 Å². The van der Waals surface area contributed by atoms with Crippen molar-refractivity contribution in [2.45, 2.75) is 44.6 Å². The molecule has 2 fully saturated rings. The zero-order valence-corrected chi connectivity index (χ0v) is 16.1. The van der Waals surface area contributed by atoms with Crippen molar-refractivity contribution in [2.24, 2.45) is 0 Å². The maximum Gasteiger partial charge on any atom is 0.350 e. The van der Waals surface area contributed by atoms with Crippen LogP contribution < -0.4 is 5.32 Å². The number of thiazole rings is 1. The molecule has 26 heavy (non-hydrogen) atoms. The van der Waals surface area contributed by atoms with Gasteiger partial charge in [-0.25, -0.2) is 9.78 Å². The highest BCUT2D eigenvalue weighted by atomic mass is 32.1. The minimum absolute atomic E-state index is 0.0104. The van der Waals surface area contributed by atoms with E-state index in [0.29, 0.717) is 11.4 Å². The smallest absolute Gasteiger partial charge is 0.350 e. The molecule has 2 heterocycles. The van der Waals surface area contributed by atoms with Crippen LogP contribution >= 0.6 is 11.3 Å². The second-order valence-corrected chi connectivity index (χ2v) is 8.22. The molecule has 0 bridgehead atoms. The maximum atomic E-state index is 12.2. The number of carbonyl (C=O) groups excluding carboxylic acids is 2. The second kappa shape index (κ2) is 8.92. The zero-order valence-electron chi connectivity index (χ0n) is 15.3. The Morgan fingerprint density at radius 1 is 1.31 bits per heavy atom. The van der Waals surface area contributed by atoms with E-state index in [1.165, 1.54) is 36.8 Å². The number of hydrogen-bond acceptors (Lipinski definition) is 7. The van der Waals surface area contributed by atoms with Crippen LogP contribution in [0.3, 0.4) is 0 Å². The van der Waals surface area contributed by atoms with Gasteiger partial charge in [0.2, 0.25) is 0 Å². The number of ether oxygens (including phenoxy) is 2. The second-order valence-electron chi connectivity index (χ2n) is 6.98. The summed E-state index contributed by atoms with van der Waals surface area (Å²) < 4.78 is 10.6. The molecule has 3 rings (SSSR count). The van der Waals surface area contributed by atoms with Crippen molar-refractivity contribution >= 4 is 23.2 Å². The lowest BCUT2D eigenvalue weighted by atomic mass is 9.79. The van der Waals surface area contributed by atoms with E-state index in [-0.39, 0.29) is 18.1 Å². The number of aryl methyl sites for hydroxylation is 1. The molecule has 8 heteroatoms. The summed E-state index contributed by atoms with van der Waals surface area (Å²) in [6.07, 6.45) is 7.29. The molecule has 144 valence electrons. The topological polar surface area (TPSA) is 80.8 Å². The van der Waals surface area contributed by atoms with E-state index < -0.39 is 5.97 Å². The number of hydrogen-bond donors (Lipinski definition) is 1. The first kappa shape index (κ1) is 19.3. The number of rotatable bonds is 6. The van der Waals surface area contributed by atoms with Crippen LogP contribution in [-0.4, -0.2) is 66.8 Å². The maximum absolute atomic E-state index is 12.2. The number of nitrogens with one attached hydrogen (secondary N) is 1. The lowest BCUT2D eigenvalue weighted by molar-refractivity contribution is -0.125. The molecule has 0 spiro atoms. The van der Waals surface area contributed by atoms with Crippen molar-refractivity contribution in [1.82, 2.24) is 15.2 Å². The van der Waals surface area contributed by atoms with Gasteiger partial charge in [0, 0.05) is 25.2 Å². The fourth-order valence-corrected chi connectivity index (χ4v) is 4.50. The Kier molecular flexibility index (Phi) is 6.61. The van der Waals surface area contributed by atoms with Crippen LogP contribution in [-0.2, 0) is 14.3 Å². The number of carbonyl (C=O) groups is 2. The zero-order chi connectivity index (χ0) is 18.4. The fraction of sp³-hybridized carbons (Fsp3) is 0.722. The Labute approximate surface area is 158 Å². The summed E-state index contributed by atoms with van der Waals surface area (Å²) in [5.41, 5.74) is 0.0104. The Balaban J connectivity index is 1.50. The van der Waals surface area contributed by atoms with Gasteiger partial charge in [0.15, 0.2) is 6.61 Å². The summed E-state index contributed by atoms with van der Waals surface area (Å²) in [6.45, 7) is 5.50. The third kappa shape index (κ3) is 4.81. The molecular formula is C18H27N3O4S. The molecule has 1 amide bonds. The Morgan fingerprint density at radius 3 is 2.69 bits per heavy atom. The SMILES string of the molecule is Cc1ncc(C(=O)OCC(=O)NCC2(N3CCOCC3)CCCCC2)s1. The number of morpholine rings is 1. The van der Waals surface area contributed by atoms with Crippen LogP contribution in [0.15, 0.2) is 6.20 Å². The number of nitrogens with zero attached hydrogens (tertiary/aromatic N) is 2. The number of esters is 1. The molecule has 0 atom stereocenters. The van der Waals surface area contributed by atoms with Crippen LogP contribution in [0.25, 0.3) is 0 Å². The van der Waals surface area contributed by atoms with E-state index >= 15 is 0 Å². The lowest BCUT2D eigenvalue weighted by Gasteiger charge is -2.48. The predicted octanol–water partition coefficient (Wildman–Crippen LogP) is 1.76. The van der Waals surface area contributed by atoms with E-state index in [9.17, 15) is 9.59 Å². The molecule has 0 aromatic carbocycles. The van der Waals surface area contributed by atoms with Crippen LogP contribution in [0.1, 0.15) is 46.8 Å². The molecule has 0 unspecified atom stereocenters. The highest BCUT2D eigenvalue weighted by Crippen LogP contribution is 2.33. The monoisotopic (exact) mass is 381 g/mol. The minimum Gasteiger partial charge on any atom is -0.451 e. The van der Waals surface area contributed by atoms with Crippen molar-refractivity contribution in [1.29, 1.82) is 0 Å². The standard InChI is InChI=1S/C18H27N3O4S/c1-14-19-11-15(26-14)17(23)25-12-16(22)20-13-18(5-3-2-4-6-18)21-7-9-24-10-8-21/h11H,2-10,12-13H2,1H3,(H,20,22). The average molecular weight is 381 g/mol. The van der Waals surface area contributed by atoms with E-state index in [4.69, 9.17) is 9.47 Å². The molecule has 1 aliphatic heterocycles. The Morgan fingerprint density at radius 2 is 2.04 bits per heavy atom. The lowest BCUT2D eigenvalue weighted by Crippen LogP contribution is -2.59. The van der Waals surface area contributed by atoms with Gasteiger partial charge in [-0.05, 0) is 19.8 Å². The third-order valence-electron chi connectivity index (χ3n) is 5.24. The van der Waals surface area contributed by atoms with Crippen LogP contribution in [0.2, 0.25) is 0 Å². The van der Waals surface area contributed by atoms with Crippen molar-refractivity contribution in [3.05, 3.63) is 16.1 Å². The summed E-state index contributed by atoms with van der Waals surface area (Å²) in [7, 11) is 0. The molecule has 1 saturated heterocycles. The van der Waals surface area contributed by atoms with Gasteiger partial charge in [-0.3, -0.25) is 9.69 Å². The molecule has 1 aromatic heterocycles. The Bertz CT molecular complexity index is 622. The van der Waals surface area contributed by atoms with E-state index in [0.717, 1.165) is 44.2 Å². The van der Waals surface area contributed by atoms with Gasteiger partial charge in [0.25, 0.3) is 5.91 Å². The van der Waals surface area contributed by atoms with E-state index in [2.05, 4.69) is 15.2 Å². The average Bonchev–Trinajstić information content (AvgIpc) is 3.12. The summed E-state index contributed by atoms with van der Waals surface area (Å²) in [5.74, 6) is -0.746. The fourth-order valence-electron chi connectivity index (χ4n) is 3.82. The van der Waals surface area contributed by atoms with Crippen molar-refractivity contribution in [3.63, 3.8) is 0 Å². The molecule has 7 nitrogen and oxygen atoms in total. The first-order chi connectivity index (χ1) is 12.6. The predicted molar refractivity (Wildman–Crippen MR) is 98.4 cm³/mol. The summed E-state index contributed by atoms with van der Waals surface area (Å²) in [4.78, 5) is 31.1. The first-order valence-electron chi connectivity index (χ1n) is 9.28. The Hall–Kier alpha value is -1.51. The van der Waals surface area contributed by atoms with Crippen LogP contribution in [0.4, 0.5) is 0 Å². The molecule has 1 aliphatic carbocycles. The molecule has 2 aliphatic rings. The normalized spacial score (nSPS) is 20.5. The van der Waals surface area contributed by atoms with E-state index in [1.807, 2.05) is 6.92 Å². The molecule has 1 aromatic rings. The van der Waals surface area contributed by atoms with Gasteiger partial charge in [-0.1, -0.05) is 19.3 Å². The van der Waals surface area contributed by atoms with Gasteiger partial charge in [0.05, 0.1) is 24.4 Å². The van der Waals surface area contributed by atoms with Gasteiger partial charge >= 0.3 is 5.97 Å². The molecule has 1 saturated carbocycles. The van der Waals surface area contributed by atoms with Crippen LogP contribution in [0, 0.1) is 6.92 Å². The quantitative estimate of drug-likeness (QED) is 0.757. The highest BCUT2D eigenvalue weighted by molar-refractivity contribution is 7.13. The van der Waals surface area contributed by atoms with Gasteiger partial charge in [0.1, 0.15) is 4.88 Å². The minimum atomic E-state index is -0.494. The number of amides is 1. The summed E-state index contributed by atoms with van der Waals surface area (Å²) in [6, 6.07) is 0. The van der Waals surface area contributed by atoms with Gasteiger partial charge < -0.3 is 14.8 Å². The molecule has 1 N–H and O–H groups in total. The largest absolute Gasteiger partial charge is 0.451 e. The number of aromatic nitrogens is 1. The summed E-state index contributed by atoms with van der Waals surface area (Å²) in [5, 5.41) is 3.79. The van der Waals surface area contributed by atoms with Crippen LogP contribution in [0.5, 0.6) is 0 Å². The van der Waals surface area contributed by atoms with Gasteiger partial charge in [-0.15, -0.1) is 11.3 Å². The highest BCUT2D eigenvalue weighted by Gasteiger charge is 2.38. The van der Waals surface area contributed by atoms with Gasteiger partial charge in [-0.2, -0.15) is 0 Å². The molecule has 0 radical (unpaired) electrons. The molecular weight excluding hydrogens is 354 g/mol. The van der Waals surface area contributed by atoms with Crippen molar-refractivity contribution < 1.29 is 19.1 Å². The third-order valence-corrected chi connectivity index (χ3v) is 6.13. The van der Waals surface area contributed by atoms with Crippen molar-refractivity contribution in [3.8, 4) is 0 Å².